The first-order valence-electron chi connectivity index (χ1n) is 6.26. The van der Waals surface area contributed by atoms with Crippen molar-refractivity contribution in [3.63, 3.8) is 0 Å². The van der Waals surface area contributed by atoms with Crippen molar-refractivity contribution >= 4 is 33.0 Å². The summed E-state index contributed by atoms with van der Waals surface area (Å²) in [5.41, 5.74) is 3.43. The highest BCUT2D eigenvalue weighted by Crippen LogP contribution is 2.34. The Hall–Kier alpha value is -1.38. The van der Waals surface area contributed by atoms with E-state index in [1.54, 1.807) is 11.3 Å². The van der Waals surface area contributed by atoms with Crippen LogP contribution in [0.25, 0.3) is 10.1 Å². The second-order valence-electron chi connectivity index (χ2n) is 4.69. The van der Waals surface area contributed by atoms with Crippen molar-refractivity contribution in [2.45, 2.75) is 18.7 Å². The molecule has 0 radical (unpaired) electrons. The van der Waals surface area contributed by atoms with Gasteiger partial charge in [0, 0.05) is 23.0 Å². The zero-order valence-corrected chi connectivity index (χ0v) is 12.2. The van der Waals surface area contributed by atoms with Crippen molar-refractivity contribution in [2.75, 3.05) is 0 Å². The molecule has 3 heteroatoms. The van der Waals surface area contributed by atoms with E-state index in [9.17, 15) is 0 Å². The average molecular weight is 288 g/mol. The van der Waals surface area contributed by atoms with E-state index in [1.165, 1.54) is 21.2 Å². The summed E-state index contributed by atoms with van der Waals surface area (Å²) in [4.78, 5) is 4.43. The lowest BCUT2D eigenvalue weighted by Crippen LogP contribution is -1.97. The van der Waals surface area contributed by atoms with Gasteiger partial charge in [0.05, 0.1) is 5.38 Å². The van der Waals surface area contributed by atoms with E-state index in [0.29, 0.717) is 0 Å². The van der Waals surface area contributed by atoms with Gasteiger partial charge in [-0.1, -0.05) is 24.3 Å². The molecule has 1 atom stereocenters. The molecule has 0 saturated carbocycles. The number of fused-ring (bicyclic) bond motifs is 1. The summed E-state index contributed by atoms with van der Waals surface area (Å²) in [5.74, 6) is 0. The molecule has 0 amide bonds. The minimum atomic E-state index is -0.0219. The van der Waals surface area contributed by atoms with Gasteiger partial charge in [0.25, 0.3) is 0 Å². The second-order valence-corrected chi connectivity index (χ2v) is 6.12. The zero-order chi connectivity index (χ0) is 13.2. The van der Waals surface area contributed by atoms with Crippen LogP contribution < -0.4 is 0 Å². The Labute approximate surface area is 121 Å². The smallest absolute Gasteiger partial charge is 0.0654 e. The monoisotopic (exact) mass is 287 g/mol. The standard InChI is InChI=1S/C16H14ClNS/c1-11-6-7-12(18-9-11)8-15(17)14-10-19-16-5-3-2-4-13(14)16/h2-7,9-10,15H,8H2,1H3. The van der Waals surface area contributed by atoms with Gasteiger partial charge in [0.15, 0.2) is 0 Å². The highest BCUT2D eigenvalue weighted by Gasteiger charge is 2.14. The molecule has 19 heavy (non-hydrogen) atoms. The van der Waals surface area contributed by atoms with Crippen LogP contribution in [-0.2, 0) is 6.42 Å². The molecule has 96 valence electrons. The molecular formula is C16H14ClNS. The van der Waals surface area contributed by atoms with Gasteiger partial charge in [-0.15, -0.1) is 22.9 Å². The summed E-state index contributed by atoms with van der Waals surface area (Å²) >= 11 is 8.32. The van der Waals surface area contributed by atoms with Crippen LogP contribution in [0.4, 0.5) is 0 Å². The Kier molecular flexibility index (Phi) is 3.54. The van der Waals surface area contributed by atoms with E-state index in [-0.39, 0.29) is 5.38 Å². The average Bonchev–Trinajstić information content (AvgIpc) is 2.85. The van der Waals surface area contributed by atoms with Crippen LogP contribution in [0.15, 0.2) is 48.0 Å². The number of aromatic nitrogens is 1. The normalized spacial score (nSPS) is 12.7. The quantitative estimate of drug-likeness (QED) is 0.609. The topological polar surface area (TPSA) is 12.9 Å². The molecule has 0 spiro atoms. The van der Waals surface area contributed by atoms with Crippen LogP contribution in [-0.4, -0.2) is 4.98 Å². The highest BCUT2D eigenvalue weighted by atomic mass is 35.5. The van der Waals surface area contributed by atoms with Gasteiger partial charge in [-0.05, 0) is 40.9 Å². The van der Waals surface area contributed by atoms with Gasteiger partial charge < -0.3 is 0 Å². The van der Waals surface area contributed by atoms with Gasteiger partial charge in [-0.2, -0.15) is 0 Å². The summed E-state index contributed by atoms with van der Waals surface area (Å²) < 4.78 is 1.29. The first kappa shape index (κ1) is 12.6. The number of hydrogen-bond acceptors (Lipinski definition) is 2. The number of alkyl halides is 1. The second kappa shape index (κ2) is 5.32. The maximum atomic E-state index is 6.57. The van der Waals surface area contributed by atoms with Crippen molar-refractivity contribution in [3.05, 3.63) is 64.8 Å². The molecule has 0 saturated heterocycles. The van der Waals surface area contributed by atoms with E-state index in [4.69, 9.17) is 11.6 Å². The van der Waals surface area contributed by atoms with E-state index < -0.39 is 0 Å². The van der Waals surface area contributed by atoms with Crippen LogP contribution in [0.2, 0.25) is 0 Å². The summed E-state index contributed by atoms with van der Waals surface area (Å²) in [6.07, 6.45) is 2.66. The number of nitrogens with zero attached hydrogens (tertiary/aromatic N) is 1. The third kappa shape index (κ3) is 2.65. The van der Waals surface area contributed by atoms with Gasteiger partial charge in [0.1, 0.15) is 0 Å². The molecule has 1 nitrogen and oxygen atoms in total. The van der Waals surface area contributed by atoms with E-state index in [2.05, 4.69) is 46.8 Å². The number of rotatable bonds is 3. The molecule has 2 heterocycles. The third-order valence-electron chi connectivity index (χ3n) is 3.21. The SMILES string of the molecule is Cc1ccc(CC(Cl)c2csc3ccccc23)nc1. The number of aryl methyl sites for hydroxylation is 1. The lowest BCUT2D eigenvalue weighted by atomic mass is 10.1. The molecule has 0 aliphatic heterocycles. The minimum Gasteiger partial charge on any atom is -0.261 e. The molecule has 2 aromatic heterocycles. The van der Waals surface area contributed by atoms with E-state index >= 15 is 0 Å². The Morgan fingerprint density at radius 1 is 1.21 bits per heavy atom. The molecule has 0 fully saturated rings. The molecule has 3 aromatic rings. The first-order valence-corrected chi connectivity index (χ1v) is 7.57. The minimum absolute atomic E-state index is 0.0219. The van der Waals surface area contributed by atoms with Crippen molar-refractivity contribution in [1.82, 2.24) is 4.98 Å². The molecule has 1 aromatic carbocycles. The molecule has 3 rings (SSSR count). The Morgan fingerprint density at radius 3 is 2.84 bits per heavy atom. The fourth-order valence-corrected chi connectivity index (χ4v) is 3.58. The van der Waals surface area contributed by atoms with Crippen molar-refractivity contribution in [3.8, 4) is 0 Å². The largest absolute Gasteiger partial charge is 0.261 e. The number of hydrogen-bond donors (Lipinski definition) is 0. The number of halogens is 1. The van der Waals surface area contributed by atoms with Crippen LogP contribution >= 0.6 is 22.9 Å². The fraction of sp³-hybridized carbons (Fsp3) is 0.188. The number of thiophene rings is 1. The van der Waals surface area contributed by atoms with Gasteiger partial charge in [-0.25, -0.2) is 0 Å². The van der Waals surface area contributed by atoms with Crippen LogP contribution in [0.5, 0.6) is 0 Å². The van der Waals surface area contributed by atoms with Crippen LogP contribution in [0.1, 0.15) is 22.2 Å². The van der Waals surface area contributed by atoms with Crippen LogP contribution in [0, 0.1) is 6.92 Å². The Balaban J connectivity index is 1.87. The lowest BCUT2D eigenvalue weighted by Gasteiger charge is -2.08. The maximum Gasteiger partial charge on any atom is 0.0654 e. The molecular weight excluding hydrogens is 274 g/mol. The first-order chi connectivity index (χ1) is 9.24. The number of pyridine rings is 1. The highest BCUT2D eigenvalue weighted by molar-refractivity contribution is 7.17. The maximum absolute atomic E-state index is 6.57. The van der Waals surface area contributed by atoms with Gasteiger partial charge >= 0.3 is 0 Å². The van der Waals surface area contributed by atoms with Crippen molar-refractivity contribution in [1.29, 1.82) is 0 Å². The molecule has 0 N–H and O–H groups in total. The van der Waals surface area contributed by atoms with E-state index in [0.717, 1.165) is 12.1 Å². The molecule has 0 aliphatic carbocycles. The summed E-state index contributed by atoms with van der Waals surface area (Å²) in [6, 6.07) is 12.5. The molecule has 1 unspecified atom stereocenters. The zero-order valence-electron chi connectivity index (χ0n) is 10.6. The summed E-state index contributed by atoms with van der Waals surface area (Å²) in [6.45, 7) is 2.04. The van der Waals surface area contributed by atoms with Crippen LogP contribution in [0.3, 0.4) is 0 Å². The van der Waals surface area contributed by atoms with Crippen molar-refractivity contribution in [2.24, 2.45) is 0 Å². The predicted octanol–water partition coefficient (Wildman–Crippen LogP) is 5.13. The Morgan fingerprint density at radius 2 is 2.05 bits per heavy atom. The number of benzene rings is 1. The van der Waals surface area contributed by atoms with Gasteiger partial charge in [0.2, 0.25) is 0 Å². The fourth-order valence-electron chi connectivity index (χ4n) is 2.15. The predicted molar refractivity (Wildman–Crippen MR) is 83.1 cm³/mol. The van der Waals surface area contributed by atoms with E-state index in [1.807, 2.05) is 13.1 Å². The third-order valence-corrected chi connectivity index (χ3v) is 4.58. The summed E-state index contributed by atoms with van der Waals surface area (Å²) in [7, 11) is 0. The lowest BCUT2D eigenvalue weighted by molar-refractivity contribution is 0.888. The van der Waals surface area contributed by atoms with Gasteiger partial charge in [-0.3, -0.25) is 4.98 Å². The molecule has 0 bridgehead atoms. The Bertz CT molecular complexity index is 687. The molecule has 0 aliphatic rings. The van der Waals surface area contributed by atoms with Crippen molar-refractivity contribution < 1.29 is 0 Å². The summed E-state index contributed by atoms with van der Waals surface area (Å²) in [5, 5.41) is 3.40.